The Labute approximate surface area is 188 Å². The fraction of sp³-hybridized carbons (Fsp3) is 0.857. The summed E-state index contributed by atoms with van der Waals surface area (Å²) in [5.41, 5.74) is 0. The van der Waals surface area contributed by atoms with Gasteiger partial charge < -0.3 is 14.6 Å². The van der Waals surface area contributed by atoms with Gasteiger partial charge in [-0.2, -0.15) is 8.42 Å². The van der Waals surface area contributed by atoms with E-state index >= 15 is 0 Å². The van der Waals surface area contributed by atoms with Crippen molar-refractivity contribution in [1.29, 1.82) is 0 Å². The van der Waals surface area contributed by atoms with Gasteiger partial charge in [0, 0.05) is 0 Å². The van der Waals surface area contributed by atoms with Gasteiger partial charge in [0.05, 0.1) is 19.0 Å². The molecule has 1 unspecified atom stereocenters. The maximum Gasteiger partial charge on any atom is 1.00 e. The van der Waals surface area contributed by atoms with E-state index in [1.807, 2.05) is 0 Å². The summed E-state index contributed by atoms with van der Waals surface area (Å²) in [5.74, 6) is -2.31. The quantitative estimate of drug-likeness (QED) is 0.155. The van der Waals surface area contributed by atoms with Crippen LogP contribution in [-0.2, 0) is 24.4 Å². The first-order valence-electron chi connectivity index (χ1n) is 7.47. The summed E-state index contributed by atoms with van der Waals surface area (Å²) in [7, 11) is -4.87. The molecule has 0 radical (unpaired) electrons. The number of ether oxygens (including phenoxy) is 1. The van der Waals surface area contributed by atoms with E-state index in [-0.39, 0.29) is 65.7 Å². The number of aliphatic carboxylic acids is 1. The Morgan fingerprint density at radius 3 is 2.00 bits per heavy atom. The van der Waals surface area contributed by atoms with Gasteiger partial charge in [0.15, 0.2) is 0 Å². The fourth-order valence-electron chi connectivity index (χ4n) is 1.89. The average Bonchev–Trinajstić information content (AvgIpc) is 2.37. The predicted molar refractivity (Wildman–Crippen MR) is 78.5 cm³/mol. The van der Waals surface area contributed by atoms with Gasteiger partial charge in [-0.25, -0.2) is 0 Å². The number of carboxylic acid groups (broad SMARTS) is 1. The number of unbranched alkanes of at least 4 members (excludes halogenated alkanes) is 4. The molecule has 0 aromatic carbocycles. The maximum atomic E-state index is 11.3. The maximum absolute atomic E-state index is 11.3. The molecule has 0 fully saturated rings. The second kappa shape index (κ2) is 16.1. The Balaban J connectivity index is -0.00000220. The van der Waals surface area contributed by atoms with Gasteiger partial charge in [0.2, 0.25) is 0 Å². The van der Waals surface area contributed by atoms with Crippen LogP contribution in [0.1, 0.15) is 58.8 Å². The third kappa shape index (κ3) is 16.3. The van der Waals surface area contributed by atoms with Crippen LogP contribution in [0.2, 0.25) is 0 Å². The third-order valence-corrected chi connectivity index (χ3v) is 4.24. The van der Waals surface area contributed by atoms with Gasteiger partial charge >= 0.3 is 65.1 Å². The molecule has 1 atom stereocenters. The first-order valence-corrected chi connectivity index (χ1v) is 8.97. The van der Waals surface area contributed by atoms with Crippen molar-refractivity contribution in [3.8, 4) is 0 Å². The van der Waals surface area contributed by atoms with Crippen molar-refractivity contribution in [1.82, 2.24) is 0 Å². The molecule has 0 aliphatic carbocycles. The van der Waals surface area contributed by atoms with Crippen LogP contribution < -0.4 is 64.2 Å². The molecule has 0 aromatic rings. The molecule has 0 amide bonds. The number of carbonyl (C=O) groups excluding carboxylic acids is 2. The van der Waals surface area contributed by atoms with E-state index in [0.717, 1.165) is 19.3 Å². The van der Waals surface area contributed by atoms with Gasteiger partial charge in [-0.3, -0.25) is 9.35 Å². The summed E-state index contributed by atoms with van der Waals surface area (Å²) >= 11 is 0. The molecule has 0 aromatic heterocycles. The van der Waals surface area contributed by atoms with Gasteiger partial charge in [0.25, 0.3) is 10.1 Å². The summed E-state index contributed by atoms with van der Waals surface area (Å²) in [6, 6.07) is 0. The zero-order valence-electron chi connectivity index (χ0n) is 15.1. The van der Waals surface area contributed by atoms with Crippen molar-refractivity contribution < 1.29 is 91.5 Å². The van der Waals surface area contributed by atoms with Crippen molar-refractivity contribution in [3.63, 3.8) is 0 Å². The van der Waals surface area contributed by atoms with E-state index in [4.69, 9.17) is 9.29 Å². The van der Waals surface area contributed by atoms with Gasteiger partial charge in [-0.05, 0) is 12.3 Å². The number of hydrogen-bond donors (Lipinski definition) is 1. The molecule has 10 heteroatoms. The Bertz CT molecular complexity index is 452. The second-order valence-corrected chi connectivity index (χ2v) is 7.30. The van der Waals surface area contributed by atoms with Crippen LogP contribution in [0.3, 0.4) is 0 Å². The second-order valence-electron chi connectivity index (χ2n) is 5.70. The van der Waals surface area contributed by atoms with E-state index in [1.54, 1.807) is 0 Å². The Kier molecular flexibility index (Phi) is 19.8. The fourth-order valence-corrected chi connectivity index (χ4v) is 2.48. The normalized spacial score (nSPS) is 12.0. The molecule has 7 nitrogen and oxygen atoms in total. The molecule has 0 bridgehead atoms. The SMILES string of the molecule is CC(C)CCCCCCCOC(=O)CC(C(=O)[O-])S(=O)(=O)O.[Na+].[Na+]. The Morgan fingerprint density at radius 2 is 1.54 bits per heavy atom. The van der Waals surface area contributed by atoms with Crippen LogP contribution >= 0.6 is 0 Å². The number of hydrogen-bond acceptors (Lipinski definition) is 6. The van der Waals surface area contributed by atoms with E-state index in [1.165, 1.54) is 12.8 Å². The standard InChI is InChI=1S/C14H26O7S.2Na/c1-11(2)8-6-4-3-5-7-9-21-13(15)10-12(14(16)17)22(18,19)20;;/h11-12H,3-10H2,1-2H3,(H,16,17)(H,18,19,20);;/q;2*+1/p-1. The monoisotopic (exact) mass is 383 g/mol. The minimum absolute atomic E-state index is 0. The molecular formula is C14H25Na2O7S+. The molecule has 0 heterocycles. The molecule has 0 saturated heterocycles. The summed E-state index contributed by atoms with van der Waals surface area (Å²) in [4.78, 5) is 21.9. The molecule has 0 saturated carbocycles. The molecule has 1 N–H and O–H groups in total. The van der Waals surface area contributed by atoms with Gasteiger partial charge in [0.1, 0.15) is 5.25 Å². The number of carbonyl (C=O) groups is 2. The van der Waals surface area contributed by atoms with Crippen LogP contribution in [0.15, 0.2) is 0 Å². The first kappa shape index (κ1) is 29.6. The first-order chi connectivity index (χ1) is 10.1. The third-order valence-electron chi connectivity index (χ3n) is 3.16. The number of carboxylic acids is 1. The predicted octanol–water partition coefficient (Wildman–Crippen LogP) is -5.07. The van der Waals surface area contributed by atoms with E-state index in [9.17, 15) is 23.1 Å². The molecule has 0 aliphatic rings. The minimum Gasteiger partial charge on any atom is -0.549 e. The van der Waals surface area contributed by atoms with E-state index in [2.05, 4.69) is 13.8 Å². The molecule has 24 heavy (non-hydrogen) atoms. The van der Waals surface area contributed by atoms with Gasteiger partial charge in [-0.15, -0.1) is 0 Å². The minimum atomic E-state index is -4.87. The van der Waals surface area contributed by atoms with Gasteiger partial charge in [-0.1, -0.05) is 46.0 Å². The van der Waals surface area contributed by atoms with Crippen molar-refractivity contribution in [2.45, 2.75) is 64.0 Å². The van der Waals surface area contributed by atoms with Crippen LogP contribution in [0.25, 0.3) is 0 Å². The zero-order valence-corrected chi connectivity index (χ0v) is 19.9. The van der Waals surface area contributed by atoms with E-state index < -0.39 is 33.7 Å². The summed E-state index contributed by atoms with van der Waals surface area (Å²) in [6.07, 6.45) is 5.06. The topological polar surface area (TPSA) is 121 Å². The molecule has 0 spiro atoms. The van der Waals surface area contributed by atoms with Crippen LogP contribution in [0.4, 0.5) is 0 Å². The summed E-state index contributed by atoms with van der Waals surface area (Å²) in [5, 5.41) is 8.27. The van der Waals surface area contributed by atoms with Crippen LogP contribution in [-0.4, -0.2) is 36.8 Å². The van der Waals surface area contributed by atoms with Crippen molar-refractivity contribution in [2.75, 3.05) is 6.61 Å². The Morgan fingerprint density at radius 1 is 1.04 bits per heavy atom. The average molecular weight is 383 g/mol. The van der Waals surface area contributed by atoms with Crippen molar-refractivity contribution in [3.05, 3.63) is 0 Å². The van der Waals surface area contributed by atoms with Crippen molar-refractivity contribution >= 4 is 22.1 Å². The van der Waals surface area contributed by atoms with Crippen LogP contribution in [0, 0.1) is 5.92 Å². The smallest absolute Gasteiger partial charge is 0.549 e. The molecular weight excluding hydrogens is 358 g/mol. The zero-order chi connectivity index (χ0) is 17.2. The summed E-state index contributed by atoms with van der Waals surface area (Å²) < 4.78 is 34.9. The van der Waals surface area contributed by atoms with E-state index in [0.29, 0.717) is 12.3 Å². The largest absolute Gasteiger partial charge is 1.00 e. The number of esters is 1. The summed E-state index contributed by atoms with van der Waals surface area (Å²) in [6.45, 7) is 4.45. The number of rotatable bonds is 12. The van der Waals surface area contributed by atoms with Crippen molar-refractivity contribution in [2.24, 2.45) is 5.92 Å². The molecule has 130 valence electrons. The molecule has 0 aliphatic heterocycles. The molecule has 0 rings (SSSR count). The van der Waals surface area contributed by atoms with Crippen LogP contribution in [0.5, 0.6) is 0 Å². The Hall–Kier alpha value is 0.850.